The number of nitrogens with zero attached hydrogens (tertiary/aromatic N) is 4. The number of hydrogen-bond acceptors (Lipinski definition) is 6. The third-order valence-corrected chi connectivity index (χ3v) is 5.55. The molecule has 134 valence electrons. The number of β-amino-alcohol motifs (C(OH)–C–C–N with tert-alkyl or cyclic N) is 1. The van der Waals surface area contributed by atoms with E-state index in [0.29, 0.717) is 35.4 Å². The molecule has 2 aliphatic heterocycles. The maximum atomic E-state index is 9.27. The molecule has 3 heterocycles. The van der Waals surface area contributed by atoms with E-state index in [1.54, 1.807) is 0 Å². The molecule has 2 atom stereocenters. The van der Waals surface area contributed by atoms with Gasteiger partial charge in [0.15, 0.2) is 0 Å². The smallest absolute Gasteiger partial charge is 0.241 e. The average molecular weight is 363 g/mol. The summed E-state index contributed by atoms with van der Waals surface area (Å²) >= 11 is 6.04. The second-order valence-corrected chi connectivity index (χ2v) is 7.25. The largest absolute Gasteiger partial charge is 0.395 e. The van der Waals surface area contributed by atoms with Crippen molar-refractivity contribution in [2.75, 3.05) is 26.2 Å². The first-order chi connectivity index (χ1) is 12.2. The molecule has 2 saturated heterocycles. The lowest BCUT2D eigenvalue weighted by atomic mass is 9.97. The van der Waals surface area contributed by atoms with Gasteiger partial charge >= 0.3 is 0 Å². The van der Waals surface area contributed by atoms with Crippen molar-refractivity contribution in [3.63, 3.8) is 0 Å². The molecule has 1 aromatic carbocycles. The molecule has 0 amide bonds. The summed E-state index contributed by atoms with van der Waals surface area (Å²) in [6.45, 7) is 3.81. The lowest BCUT2D eigenvalue weighted by molar-refractivity contribution is 0.0720. The number of aromatic nitrogens is 2. The zero-order chi connectivity index (χ0) is 17.2. The van der Waals surface area contributed by atoms with Gasteiger partial charge in [0.05, 0.1) is 13.2 Å². The number of benzene rings is 1. The maximum Gasteiger partial charge on any atom is 0.241 e. The number of halogens is 1. The van der Waals surface area contributed by atoms with Gasteiger partial charge in [0.25, 0.3) is 0 Å². The van der Waals surface area contributed by atoms with Crippen LogP contribution in [0.5, 0.6) is 0 Å². The number of piperidine rings is 1. The second-order valence-electron chi connectivity index (χ2n) is 6.82. The van der Waals surface area contributed by atoms with Gasteiger partial charge in [0.2, 0.25) is 11.7 Å². The Labute approximate surface area is 152 Å². The number of hydrogen-bond donors (Lipinski definition) is 1. The predicted octanol–water partition coefficient (Wildman–Crippen LogP) is 2.42. The topological polar surface area (TPSA) is 65.6 Å². The molecule has 4 rings (SSSR count). The lowest BCUT2D eigenvalue weighted by Gasteiger charge is -2.39. The summed E-state index contributed by atoms with van der Waals surface area (Å²) in [4.78, 5) is 9.42. The van der Waals surface area contributed by atoms with E-state index in [9.17, 15) is 5.11 Å². The summed E-state index contributed by atoms with van der Waals surface area (Å²) in [6, 6.07) is 8.54. The van der Waals surface area contributed by atoms with Gasteiger partial charge in [-0.1, -0.05) is 28.9 Å². The minimum atomic E-state index is 0.232. The Bertz CT molecular complexity index is 721. The summed E-state index contributed by atoms with van der Waals surface area (Å²) in [5.74, 6) is 1.23. The van der Waals surface area contributed by atoms with Crippen molar-refractivity contribution in [3.05, 3.63) is 35.2 Å². The number of aliphatic hydroxyl groups excluding tert-OH is 1. The summed E-state index contributed by atoms with van der Waals surface area (Å²) in [7, 11) is 0. The molecule has 25 heavy (non-hydrogen) atoms. The normalized spacial score (nSPS) is 24.6. The van der Waals surface area contributed by atoms with E-state index in [1.165, 1.54) is 12.8 Å². The molecule has 6 nitrogen and oxygen atoms in total. The monoisotopic (exact) mass is 362 g/mol. The molecule has 2 unspecified atom stereocenters. The Morgan fingerprint density at radius 3 is 2.92 bits per heavy atom. The molecule has 2 aliphatic rings. The van der Waals surface area contributed by atoms with Gasteiger partial charge in [0, 0.05) is 35.8 Å². The highest BCUT2D eigenvalue weighted by molar-refractivity contribution is 6.30. The molecule has 0 aliphatic carbocycles. The van der Waals surface area contributed by atoms with Crippen LogP contribution in [0, 0.1) is 0 Å². The zero-order valence-electron chi connectivity index (χ0n) is 14.1. The van der Waals surface area contributed by atoms with E-state index in [-0.39, 0.29) is 6.61 Å². The lowest BCUT2D eigenvalue weighted by Crippen LogP contribution is -2.50. The van der Waals surface area contributed by atoms with E-state index < -0.39 is 0 Å². The van der Waals surface area contributed by atoms with Gasteiger partial charge in [-0.25, -0.2) is 0 Å². The van der Waals surface area contributed by atoms with Gasteiger partial charge in [-0.3, -0.25) is 9.80 Å². The van der Waals surface area contributed by atoms with Crippen LogP contribution in [-0.4, -0.2) is 63.4 Å². The Kier molecular flexibility index (Phi) is 5.03. The fraction of sp³-hybridized carbons (Fsp3) is 0.556. The minimum absolute atomic E-state index is 0.232. The SMILES string of the molecule is OCCN1CCCC2C1CCN2Cc1nc(-c2cccc(Cl)c2)no1. The van der Waals surface area contributed by atoms with Crippen molar-refractivity contribution in [2.24, 2.45) is 0 Å². The Morgan fingerprint density at radius 2 is 2.08 bits per heavy atom. The molecule has 7 heteroatoms. The van der Waals surface area contributed by atoms with E-state index in [2.05, 4.69) is 19.9 Å². The van der Waals surface area contributed by atoms with Crippen LogP contribution in [0.15, 0.2) is 28.8 Å². The zero-order valence-corrected chi connectivity index (χ0v) is 14.9. The molecule has 2 aromatic rings. The highest BCUT2D eigenvalue weighted by atomic mass is 35.5. The maximum absolute atomic E-state index is 9.27. The van der Waals surface area contributed by atoms with Crippen LogP contribution in [0.1, 0.15) is 25.2 Å². The first kappa shape index (κ1) is 17.0. The standard InChI is InChI=1S/C18H23ClN4O2/c19-14-4-1-3-13(11-14)18-20-17(25-21-18)12-23-8-6-16-15(23)5-2-7-22(16)9-10-24/h1,3-4,11,15-16,24H,2,5-10,12H2. The molecule has 0 saturated carbocycles. The molecule has 0 bridgehead atoms. The highest BCUT2D eigenvalue weighted by Crippen LogP contribution is 2.31. The van der Waals surface area contributed by atoms with Crippen LogP contribution in [0.25, 0.3) is 11.4 Å². The number of rotatable bonds is 5. The van der Waals surface area contributed by atoms with Gasteiger partial charge < -0.3 is 9.63 Å². The van der Waals surface area contributed by atoms with E-state index in [4.69, 9.17) is 16.1 Å². The fourth-order valence-electron chi connectivity index (χ4n) is 4.21. The number of likely N-dealkylation sites (tertiary alicyclic amines) is 2. The fourth-order valence-corrected chi connectivity index (χ4v) is 4.40. The number of aliphatic hydroxyl groups is 1. The summed E-state index contributed by atoms with van der Waals surface area (Å²) in [6.07, 6.45) is 3.51. The first-order valence-corrected chi connectivity index (χ1v) is 9.30. The van der Waals surface area contributed by atoms with Crippen LogP contribution < -0.4 is 0 Å². The van der Waals surface area contributed by atoms with Crippen LogP contribution >= 0.6 is 11.6 Å². The van der Waals surface area contributed by atoms with Crippen LogP contribution in [-0.2, 0) is 6.54 Å². The van der Waals surface area contributed by atoms with E-state index >= 15 is 0 Å². The van der Waals surface area contributed by atoms with Crippen molar-refractivity contribution in [1.82, 2.24) is 19.9 Å². The number of fused-ring (bicyclic) bond motifs is 1. The Morgan fingerprint density at radius 1 is 1.20 bits per heavy atom. The van der Waals surface area contributed by atoms with Crippen molar-refractivity contribution in [3.8, 4) is 11.4 Å². The molecule has 1 aromatic heterocycles. The van der Waals surface area contributed by atoms with Gasteiger partial charge in [0.1, 0.15) is 0 Å². The first-order valence-electron chi connectivity index (χ1n) is 8.92. The molecule has 2 fully saturated rings. The van der Waals surface area contributed by atoms with Gasteiger partial charge in [-0.2, -0.15) is 4.98 Å². The van der Waals surface area contributed by atoms with Crippen molar-refractivity contribution in [1.29, 1.82) is 0 Å². The molecule has 0 spiro atoms. The molecule has 1 N–H and O–H groups in total. The van der Waals surface area contributed by atoms with Crippen LogP contribution in [0.4, 0.5) is 0 Å². The van der Waals surface area contributed by atoms with Gasteiger partial charge in [-0.05, 0) is 37.9 Å². The molecular weight excluding hydrogens is 340 g/mol. The highest BCUT2D eigenvalue weighted by Gasteiger charge is 2.40. The third kappa shape index (κ3) is 3.58. The van der Waals surface area contributed by atoms with E-state index in [0.717, 1.165) is 31.6 Å². The second kappa shape index (κ2) is 7.41. The molecule has 0 radical (unpaired) electrons. The van der Waals surface area contributed by atoms with E-state index in [1.807, 2.05) is 24.3 Å². The van der Waals surface area contributed by atoms with Crippen molar-refractivity contribution < 1.29 is 9.63 Å². The van der Waals surface area contributed by atoms with Crippen LogP contribution in [0.3, 0.4) is 0 Å². The van der Waals surface area contributed by atoms with Crippen molar-refractivity contribution >= 4 is 11.6 Å². The minimum Gasteiger partial charge on any atom is -0.395 e. The predicted molar refractivity (Wildman–Crippen MR) is 95.2 cm³/mol. The van der Waals surface area contributed by atoms with Crippen LogP contribution in [0.2, 0.25) is 5.02 Å². The van der Waals surface area contributed by atoms with Crippen molar-refractivity contribution in [2.45, 2.75) is 37.9 Å². The summed E-state index contributed by atoms with van der Waals surface area (Å²) < 4.78 is 5.48. The Balaban J connectivity index is 1.45. The quantitative estimate of drug-likeness (QED) is 0.881. The third-order valence-electron chi connectivity index (χ3n) is 5.32. The molecular formula is C18H23ClN4O2. The average Bonchev–Trinajstić information content (AvgIpc) is 3.24. The summed E-state index contributed by atoms with van der Waals surface area (Å²) in [5.41, 5.74) is 0.869. The van der Waals surface area contributed by atoms with Gasteiger partial charge in [-0.15, -0.1) is 0 Å². The Hall–Kier alpha value is -1.47. The summed E-state index contributed by atoms with van der Waals surface area (Å²) in [5, 5.41) is 14.0.